The Labute approximate surface area is 116 Å². The minimum Gasteiger partial charge on any atom is -0.297 e. The van der Waals surface area contributed by atoms with Gasteiger partial charge in [-0.3, -0.25) is 19.2 Å². The van der Waals surface area contributed by atoms with Crippen molar-refractivity contribution in [2.45, 2.75) is 51.4 Å². The topological polar surface area (TPSA) is 68.3 Å². The van der Waals surface area contributed by atoms with Gasteiger partial charge in [-0.15, -0.1) is 0 Å². The van der Waals surface area contributed by atoms with Gasteiger partial charge in [-0.2, -0.15) is 0 Å². The van der Waals surface area contributed by atoms with Gasteiger partial charge in [0.2, 0.25) is 0 Å². The molecule has 5 saturated carbocycles. The van der Waals surface area contributed by atoms with Crippen LogP contribution in [0.2, 0.25) is 0 Å². The van der Waals surface area contributed by atoms with Crippen LogP contribution in [0.5, 0.6) is 0 Å². The van der Waals surface area contributed by atoms with Crippen LogP contribution in [0.1, 0.15) is 51.4 Å². The van der Waals surface area contributed by atoms with Gasteiger partial charge in [-0.1, -0.05) is 0 Å². The van der Waals surface area contributed by atoms with Gasteiger partial charge < -0.3 is 0 Å². The van der Waals surface area contributed by atoms with Gasteiger partial charge in [0.25, 0.3) is 0 Å². The lowest BCUT2D eigenvalue weighted by atomic mass is 9.66. The third-order valence-corrected chi connectivity index (χ3v) is 6.48. The summed E-state index contributed by atoms with van der Waals surface area (Å²) in [7, 11) is 0. The molecule has 0 amide bonds. The Hall–Kier alpha value is -1.32. The number of carbonyl (C=O) groups is 4. The van der Waals surface area contributed by atoms with Gasteiger partial charge in [0.15, 0.2) is 23.1 Å². The zero-order valence-electron chi connectivity index (χ0n) is 11.3. The summed E-state index contributed by atoms with van der Waals surface area (Å²) in [6.07, 6.45) is 4.46. The van der Waals surface area contributed by atoms with Gasteiger partial charge in [-0.05, 0) is 51.4 Å². The van der Waals surface area contributed by atoms with E-state index in [2.05, 4.69) is 0 Å². The van der Waals surface area contributed by atoms with Crippen LogP contribution in [0, 0.1) is 21.7 Å². The molecular weight excluding hydrogens is 256 g/mol. The number of Topliss-reactive ketones (excluding diaryl/α,β-unsaturated/α-hetero) is 4. The van der Waals surface area contributed by atoms with Crippen LogP contribution < -0.4 is 0 Å². The first-order valence-electron chi connectivity index (χ1n) is 7.64. The van der Waals surface area contributed by atoms with Crippen LogP contribution in [0.4, 0.5) is 0 Å². The van der Waals surface area contributed by atoms with Gasteiger partial charge in [0.1, 0.15) is 0 Å². The molecular formula is C16H16O4. The molecule has 0 saturated heterocycles. The first kappa shape index (κ1) is 11.4. The van der Waals surface area contributed by atoms with Crippen molar-refractivity contribution in [2.24, 2.45) is 21.7 Å². The van der Waals surface area contributed by atoms with E-state index >= 15 is 0 Å². The van der Waals surface area contributed by atoms with Crippen molar-refractivity contribution in [2.75, 3.05) is 0 Å². The van der Waals surface area contributed by atoms with Crippen molar-refractivity contribution in [3.05, 3.63) is 0 Å². The number of hydrogen-bond acceptors (Lipinski definition) is 4. The van der Waals surface area contributed by atoms with E-state index in [-0.39, 0.29) is 23.1 Å². The maximum Gasteiger partial charge on any atom is 0.159 e. The SMILES string of the molecule is O=C1C2(CC2)C(=O)C2(CC2)C(=O)C2(CC2)C(=O)C12CC2. The standard InChI is InChI=1S/C16H16O4/c17-9-13(1-2-13)10(18)15(5-6-15)12(20)16(7-8-16)11(19)14(9)3-4-14/h1-8H2. The monoisotopic (exact) mass is 272 g/mol. The second-order valence-corrected chi connectivity index (χ2v) is 7.64. The number of hydrogen-bond donors (Lipinski definition) is 0. The lowest BCUT2D eigenvalue weighted by Crippen LogP contribution is -2.52. The highest BCUT2D eigenvalue weighted by Gasteiger charge is 2.81. The fourth-order valence-corrected chi connectivity index (χ4v) is 4.56. The fourth-order valence-electron chi connectivity index (χ4n) is 4.56. The van der Waals surface area contributed by atoms with Crippen LogP contribution in [0.3, 0.4) is 0 Å². The highest BCUT2D eigenvalue weighted by atomic mass is 16.2. The van der Waals surface area contributed by atoms with E-state index in [0.29, 0.717) is 51.4 Å². The minimum absolute atomic E-state index is 0.120. The summed E-state index contributed by atoms with van der Waals surface area (Å²) in [5, 5.41) is 0. The molecule has 0 heterocycles. The van der Waals surface area contributed by atoms with E-state index in [1.807, 2.05) is 0 Å². The van der Waals surface area contributed by atoms with E-state index in [0.717, 1.165) is 0 Å². The lowest BCUT2D eigenvalue weighted by molar-refractivity contribution is -0.154. The Morgan fingerprint density at radius 3 is 0.650 bits per heavy atom. The van der Waals surface area contributed by atoms with Crippen LogP contribution in [0.25, 0.3) is 0 Å². The van der Waals surface area contributed by atoms with Crippen molar-refractivity contribution in [1.29, 1.82) is 0 Å². The van der Waals surface area contributed by atoms with E-state index in [1.54, 1.807) is 0 Å². The summed E-state index contributed by atoms with van der Waals surface area (Å²) in [4.78, 5) is 51.5. The Bertz CT molecular complexity index is 481. The zero-order chi connectivity index (χ0) is 14.0. The van der Waals surface area contributed by atoms with Crippen LogP contribution in [0.15, 0.2) is 0 Å². The summed E-state index contributed by atoms with van der Waals surface area (Å²) < 4.78 is 0. The number of ketones is 4. The van der Waals surface area contributed by atoms with Crippen molar-refractivity contribution < 1.29 is 19.2 Å². The molecule has 4 spiro atoms. The molecule has 5 aliphatic rings. The Kier molecular flexibility index (Phi) is 1.53. The molecule has 0 radical (unpaired) electrons. The average molecular weight is 272 g/mol. The third-order valence-electron chi connectivity index (χ3n) is 6.48. The summed E-state index contributed by atoms with van der Waals surface area (Å²) in [5.41, 5.74) is -3.80. The molecule has 104 valence electrons. The van der Waals surface area contributed by atoms with Gasteiger partial charge >= 0.3 is 0 Å². The molecule has 0 aliphatic heterocycles. The van der Waals surface area contributed by atoms with Crippen LogP contribution >= 0.6 is 0 Å². The third kappa shape index (κ3) is 0.922. The van der Waals surface area contributed by atoms with Crippen molar-refractivity contribution in [3.63, 3.8) is 0 Å². The van der Waals surface area contributed by atoms with Crippen molar-refractivity contribution >= 4 is 23.1 Å². The molecule has 0 aromatic carbocycles. The second-order valence-electron chi connectivity index (χ2n) is 7.64. The fraction of sp³-hybridized carbons (Fsp3) is 0.750. The molecule has 0 N–H and O–H groups in total. The highest BCUT2D eigenvalue weighted by molar-refractivity contribution is 6.35. The predicted octanol–water partition coefficient (Wildman–Crippen LogP) is 1.40. The Morgan fingerprint density at radius 1 is 0.400 bits per heavy atom. The summed E-state index contributed by atoms with van der Waals surface area (Å²) in [6.45, 7) is 0. The molecule has 0 unspecified atom stereocenters. The predicted molar refractivity (Wildman–Crippen MR) is 66.7 cm³/mol. The smallest absolute Gasteiger partial charge is 0.159 e. The lowest BCUT2D eigenvalue weighted by Gasteiger charge is -2.31. The molecule has 0 bridgehead atoms. The van der Waals surface area contributed by atoms with Crippen LogP contribution in [-0.2, 0) is 19.2 Å². The summed E-state index contributed by atoms with van der Waals surface area (Å²) in [6, 6.07) is 0. The van der Waals surface area contributed by atoms with E-state index in [9.17, 15) is 19.2 Å². The van der Waals surface area contributed by atoms with Gasteiger partial charge in [0, 0.05) is 0 Å². The normalized spacial score (nSPS) is 36.4. The van der Waals surface area contributed by atoms with Crippen LogP contribution in [-0.4, -0.2) is 23.1 Å². The molecule has 5 fully saturated rings. The average Bonchev–Trinajstić information content (AvgIpc) is 3.37. The molecule has 20 heavy (non-hydrogen) atoms. The molecule has 4 nitrogen and oxygen atoms in total. The van der Waals surface area contributed by atoms with E-state index in [4.69, 9.17) is 0 Å². The Morgan fingerprint density at radius 2 is 0.550 bits per heavy atom. The molecule has 0 aromatic heterocycles. The first-order valence-corrected chi connectivity index (χ1v) is 7.64. The van der Waals surface area contributed by atoms with Gasteiger partial charge in [0.05, 0.1) is 21.7 Å². The van der Waals surface area contributed by atoms with Gasteiger partial charge in [-0.25, -0.2) is 0 Å². The summed E-state index contributed by atoms with van der Waals surface area (Å²) in [5.74, 6) is -0.481. The molecule has 5 aliphatic carbocycles. The molecule has 4 heteroatoms. The van der Waals surface area contributed by atoms with E-state index < -0.39 is 21.7 Å². The Balaban J connectivity index is 1.73. The highest BCUT2D eigenvalue weighted by Crippen LogP contribution is 2.72. The maximum absolute atomic E-state index is 12.9. The van der Waals surface area contributed by atoms with E-state index in [1.165, 1.54) is 0 Å². The largest absolute Gasteiger partial charge is 0.297 e. The second kappa shape index (κ2) is 2.70. The van der Waals surface area contributed by atoms with Crippen molar-refractivity contribution in [3.8, 4) is 0 Å². The maximum atomic E-state index is 12.9. The first-order chi connectivity index (χ1) is 9.45. The number of carbonyl (C=O) groups excluding carboxylic acids is 4. The molecule has 5 rings (SSSR count). The number of rotatable bonds is 0. The zero-order valence-corrected chi connectivity index (χ0v) is 11.3. The molecule has 0 atom stereocenters. The molecule has 0 aromatic rings. The summed E-state index contributed by atoms with van der Waals surface area (Å²) >= 11 is 0. The minimum atomic E-state index is -0.950. The van der Waals surface area contributed by atoms with Crippen molar-refractivity contribution in [1.82, 2.24) is 0 Å². The quantitative estimate of drug-likeness (QED) is 0.625.